The van der Waals surface area contributed by atoms with Crippen LogP contribution < -0.4 is 5.73 Å². The highest BCUT2D eigenvalue weighted by atomic mass is 15.1. The molecule has 0 aliphatic heterocycles. The number of hydrogen-bond acceptors (Lipinski definition) is 3. The Morgan fingerprint density at radius 3 is 2.60 bits per heavy atom. The van der Waals surface area contributed by atoms with E-state index >= 15 is 0 Å². The summed E-state index contributed by atoms with van der Waals surface area (Å²) >= 11 is 0. The van der Waals surface area contributed by atoms with E-state index in [9.17, 15) is 0 Å². The molecule has 0 bridgehead atoms. The van der Waals surface area contributed by atoms with Crippen molar-refractivity contribution in [3.63, 3.8) is 0 Å². The van der Waals surface area contributed by atoms with Crippen molar-refractivity contribution in [2.75, 3.05) is 20.6 Å². The second-order valence-electron chi connectivity index (χ2n) is 6.15. The first-order valence-electron chi connectivity index (χ1n) is 7.34. The number of fused-ring (bicyclic) bond motifs is 1. The van der Waals surface area contributed by atoms with E-state index in [0.29, 0.717) is 5.92 Å². The molecule has 0 saturated carbocycles. The number of benzene rings is 1. The van der Waals surface area contributed by atoms with Gasteiger partial charge in [0.2, 0.25) is 0 Å². The summed E-state index contributed by atoms with van der Waals surface area (Å²) in [4.78, 5) is 6.95. The van der Waals surface area contributed by atoms with Crippen LogP contribution in [0.15, 0.2) is 24.3 Å². The molecule has 4 nitrogen and oxygen atoms in total. The molecule has 1 heterocycles. The number of aromatic nitrogens is 2. The molecule has 0 amide bonds. The van der Waals surface area contributed by atoms with Crippen LogP contribution in [0.1, 0.15) is 32.1 Å². The molecule has 1 unspecified atom stereocenters. The first-order valence-corrected chi connectivity index (χ1v) is 7.34. The second-order valence-corrected chi connectivity index (χ2v) is 6.15. The zero-order chi connectivity index (χ0) is 14.7. The molecule has 4 heteroatoms. The first kappa shape index (κ1) is 15.0. The predicted molar refractivity (Wildman–Crippen MR) is 84.7 cm³/mol. The van der Waals surface area contributed by atoms with E-state index in [4.69, 9.17) is 10.7 Å². The summed E-state index contributed by atoms with van der Waals surface area (Å²) in [5, 5.41) is 0. The van der Waals surface area contributed by atoms with Crippen LogP contribution in [0, 0.1) is 5.92 Å². The Balaban J connectivity index is 2.38. The highest BCUT2D eigenvalue weighted by Crippen LogP contribution is 2.23. The van der Waals surface area contributed by atoms with E-state index in [1.165, 1.54) is 5.52 Å². The molecule has 0 aliphatic rings. The summed E-state index contributed by atoms with van der Waals surface area (Å²) < 4.78 is 2.28. The molecule has 20 heavy (non-hydrogen) atoms. The molecular weight excluding hydrogens is 248 g/mol. The van der Waals surface area contributed by atoms with E-state index in [0.717, 1.165) is 30.9 Å². The van der Waals surface area contributed by atoms with Crippen molar-refractivity contribution in [1.82, 2.24) is 14.5 Å². The summed E-state index contributed by atoms with van der Waals surface area (Å²) in [6.07, 6.45) is 0.964. The highest BCUT2D eigenvalue weighted by molar-refractivity contribution is 5.76. The standard InChI is InChI=1S/C16H26N4/c1-12(2)11-13(17)16-18-14-7-5-6-8-15(14)20(16)10-9-19(3)4/h5-8,12-13H,9-11,17H2,1-4H3. The van der Waals surface area contributed by atoms with Gasteiger partial charge in [-0.15, -0.1) is 0 Å². The summed E-state index contributed by atoms with van der Waals surface area (Å²) in [5.74, 6) is 1.59. The van der Waals surface area contributed by atoms with Gasteiger partial charge in [0, 0.05) is 13.1 Å². The van der Waals surface area contributed by atoms with Gasteiger partial charge in [-0.05, 0) is 38.6 Å². The van der Waals surface area contributed by atoms with Gasteiger partial charge >= 0.3 is 0 Å². The number of hydrogen-bond donors (Lipinski definition) is 1. The van der Waals surface area contributed by atoms with Crippen LogP contribution in [0.4, 0.5) is 0 Å². The van der Waals surface area contributed by atoms with Gasteiger partial charge in [-0.2, -0.15) is 0 Å². The molecule has 2 N–H and O–H groups in total. The van der Waals surface area contributed by atoms with Crippen molar-refractivity contribution < 1.29 is 0 Å². The lowest BCUT2D eigenvalue weighted by molar-refractivity contribution is 0.377. The zero-order valence-corrected chi connectivity index (χ0v) is 13.0. The van der Waals surface area contributed by atoms with Crippen LogP contribution in [0.5, 0.6) is 0 Å². The third-order valence-corrected chi connectivity index (χ3v) is 3.51. The molecule has 1 atom stereocenters. The van der Waals surface area contributed by atoms with Crippen molar-refractivity contribution in [2.24, 2.45) is 11.7 Å². The maximum atomic E-state index is 6.37. The molecule has 110 valence electrons. The minimum absolute atomic E-state index is 0.00422. The van der Waals surface area contributed by atoms with Crippen molar-refractivity contribution in [1.29, 1.82) is 0 Å². The Hall–Kier alpha value is -1.39. The lowest BCUT2D eigenvalue weighted by atomic mass is 10.0. The number of nitrogens with two attached hydrogens (primary N) is 1. The van der Waals surface area contributed by atoms with Crippen LogP contribution in [-0.2, 0) is 6.54 Å². The quantitative estimate of drug-likeness (QED) is 0.881. The lowest BCUT2D eigenvalue weighted by Gasteiger charge is -2.18. The Kier molecular flexibility index (Phi) is 4.78. The average molecular weight is 274 g/mol. The summed E-state index contributed by atoms with van der Waals surface area (Å²) in [6.45, 7) is 6.32. The Labute approximate surface area is 121 Å². The molecule has 1 aromatic heterocycles. The predicted octanol–water partition coefficient (Wildman–Crippen LogP) is 2.64. The minimum atomic E-state index is 0.00422. The van der Waals surface area contributed by atoms with Crippen molar-refractivity contribution >= 4 is 11.0 Å². The van der Waals surface area contributed by atoms with Gasteiger partial charge in [0.25, 0.3) is 0 Å². The number of rotatable bonds is 6. The number of nitrogens with zero attached hydrogens (tertiary/aromatic N) is 3. The highest BCUT2D eigenvalue weighted by Gasteiger charge is 2.17. The topological polar surface area (TPSA) is 47.1 Å². The average Bonchev–Trinajstić information content (AvgIpc) is 2.74. The summed E-state index contributed by atoms with van der Waals surface area (Å²) in [6, 6.07) is 8.29. The van der Waals surface area contributed by atoms with Crippen LogP contribution in [0.2, 0.25) is 0 Å². The van der Waals surface area contributed by atoms with Gasteiger partial charge in [-0.25, -0.2) is 4.98 Å². The molecule has 2 rings (SSSR count). The molecule has 0 saturated heterocycles. The molecule has 2 aromatic rings. The molecule has 0 fully saturated rings. The minimum Gasteiger partial charge on any atom is -0.325 e. The van der Waals surface area contributed by atoms with Gasteiger partial charge in [0.1, 0.15) is 5.82 Å². The fourth-order valence-corrected chi connectivity index (χ4v) is 2.53. The van der Waals surface area contributed by atoms with Crippen LogP contribution in [0.3, 0.4) is 0 Å². The van der Waals surface area contributed by atoms with E-state index in [1.807, 2.05) is 6.07 Å². The normalized spacial score (nSPS) is 13.6. The molecule has 0 spiro atoms. The van der Waals surface area contributed by atoms with E-state index < -0.39 is 0 Å². The maximum Gasteiger partial charge on any atom is 0.126 e. The maximum absolute atomic E-state index is 6.37. The van der Waals surface area contributed by atoms with Gasteiger partial charge < -0.3 is 15.2 Å². The molecule has 0 radical (unpaired) electrons. The largest absolute Gasteiger partial charge is 0.325 e. The van der Waals surface area contributed by atoms with E-state index in [1.54, 1.807) is 0 Å². The summed E-state index contributed by atoms with van der Waals surface area (Å²) in [5.41, 5.74) is 8.60. The number of para-hydroxylation sites is 2. The fourth-order valence-electron chi connectivity index (χ4n) is 2.53. The van der Waals surface area contributed by atoms with Gasteiger partial charge in [-0.3, -0.25) is 0 Å². The Morgan fingerprint density at radius 1 is 1.25 bits per heavy atom. The van der Waals surface area contributed by atoms with Crippen molar-refractivity contribution in [2.45, 2.75) is 32.9 Å². The summed E-state index contributed by atoms with van der Waals surface area (Å²) in [7, 11) is 4.18. The molecule has 0 aliphatic carbocycles. The second kappa shape index (κ2) is 6.37. The van der Waals surface area contributed by atoms with Gasteiger partial charge in [-0.1, -0.05) is 26.0 Å². The zero-order valence-electron chi connectivity index (χ0n) is 13.0. The SMILES string of the molecule is CC(C)CC(N)c1nc2ccccc2n1CCN(C)C. The number of likely N-dealkylation sites (N-methyl/N-ethyl adjacent to an activating group) is 1. The van der Waals surface area contributed by atoms with Crippen LogP contribution in [0.25, 0.3) is 11.0 Å². The monoisotopic (exact) mass is 274 g/mol. The van der Waals surface area contributed by atoms with Gasteiger partial charge in [0.05, 0.1) is 17.1 Å². The lowest BCUT2D eigenvalue weighted by Crippen LogP contribution is -2.23. The number of imidazole rings is 1. The third-order valence-electron chi connectivity index (χ3n) is 3.51. The van der Waals surface area contributed by atoms with Crippen LogP contribution in [-0.4, -0.2) is 35.1 Å². The smallest absolute Gasteiger partial charge is 0.126 e. The molecular formula is C16H26N4. The Bertz CT molecular complexity index is 557. The van der Waals surface area contributed by atoms with Crippen molar-refractivity contribution in [3.05, 3.63) is 30.1 Å². The fraction of sp³-hybridized carbons (Fsp3) is 0.562. The Morgan fingerprint density at radius 2 is 1.95 bits per heavy atom. The third kappa shape index (κ3) is 3.38. The van der Waals surface area contributed by atoms with E-state index in [2.05, 4.69) is 55.6 Å². The van der Waals surface area contributed by atoms with E-state index in [-0.39, 0.29) is 6.04 Å². The first-order chi connectivity index (χ1) is 9.49. The van der Waals surface area contributed by atoms with Crippen LogP contribution >= 0.6 is 0 Å². The van der Waals surface area contributed by atoms with Crippen molar-refractivity contribution in [3.8, 4) is 0 Å². The molecule has 1 aromatic carbocycles. The van der Waals surface area contributed by atoms with Gasteiger partial charge in [0.15, 0.2) is 0 Å².